The summed E-state index contributed by atoms with van der Waals surface area (Å²) in [5.74, 6) is 0.292. The molecule has 3 aromatic carbocycles. The van der Waals surface area contributed by atoms with Gasteiger partial charge in [-0.05, 0) is 74.4 Å². The van der Waals surface area contributed by atoms with Crippen molar-refractivity contribution >= 4 is 16.8 Å². The largest absolute Gasteiger partial charge is 0.494 e. The molecule has 0 fully saturated rings. The van der Waals surface area contributed by atoms with Gasteiger partial charge in [-0.1, -0.05) is 25.1 Å². The van der Waals surface area contributed by atoms with Crippen LogP contribution in [0.25, 0.3) is 16.6 Å². The van der Waals surface area contributed by atoms with E-state index in [4.69, 9.17) is 14.5 Å². The Bertz CT molecular complexity index is 1450. The zero-order valence-electron chi connectivity index (χ0n) is 21.9. The molecule has 0 aliphatic rings. The molecular formula is C30H32FN3O4. The highest BCUT2D eigenvalue weighted by Gasteiger charge is 2.29. The molecule has 38 heavy (non-hydrogen) atoms. The van der Waals surface area contributed by atoms with Crippen LogP contribution in [0, 0.1) is 5.82 Å². The van der Waals surface area contributed by atoms with Gasteiger partial charge in [0.1, 0.15) is 17.4 Å². The summed E-state index contributed by atoms with van der Waals surface area (Å²) in [6.45, 7) is 5.16. The van der Waals surface area contributed by atoms with Gasteiger partial charge >= 0.3 is 0 Å². The number of hydrogen-bond acceptors (Lipinski definition) is 5. The number of fused-ring (bicyclic) bond motifs is 1. The van der Waals surface area contributed by atoms with Gasteiger partial charge in [0, 0.05) is 25.8 Å². The molecule has 0 aliphatic carbocycles. The molecular weight excluding hydrogens is 485 g/mol. The number of carbonyl (C=O) groups is 1. The van der Waals surface area contributed by atoms with Gasteiger partial charge < -0.3 is 14.4 Å². The first kappa shape index (κ1) is 27.0. The molecule has 1 heterocycles. The van der Waals surface area contributed by atoms with Crippen LogP contribution in [0.3, 0.4) is 0 Å². The molecule has 0 aliphatic heterocycles. The fraction of sp³-hybridized carbons (Fsp3) is 0.300. The molecule has 7 nitrogen and oxygen atoms in total. The standard InChI is InChI=1S/C30H32FN3O4/c1-4-27(33(18-9-19-37-3)29(35)21-10-8-11-22(31)20-21)28-32-26-13-7-6-12-25(26)30(36)34(28)23-14-16-24(17-15-23)38-5-2/h6-8,10-17,20,27H,4-5,9,18-19H2,1-3H3. The molecule has 4 rings (SSSR count). The molecule has 0 radical (unpaired) electrons. The van der Waals surface area contributed by atoms with Crippen molar-refractivity contribution < 1.29 is 18.7 Å². The SMILES string of the molecule is CCOc1ccc(-n2c(C(CC)N(CCCOC)C(=O)c3cccc(F)c3)nc3ccccc3c2=O)cc1. The zero-order valence-corrected chi connectivity index (χ0v) is 21.9. The first-order valence-electron chi connectivity index (χ1n) is 12.8. The second kappa shape index (κ2) is 12.5. The average molecular weight is 518 g/mol. The van der Waals surface area contributed by atoms with Crippen molar-refractivity contribution in [3.63, 3.8) is 0 Å². The molecule has 1 aromatic heterocycles. The fourth-order valence-electron chi connectivity index (χ4n) is 4.59. The lowest BCUT2D eigenvalue weighted by atomic mass is 10.1. The van der Waals surface area contributed by atoms with Crippen molar-refractivity contribution in [2.45, 2.75) is 32.7 Å². The van der Waals surface area contributed by atoms with E-state index in [9.17, 15) is 14.0 Å². The normalized spacial score (nSPS) is 11.9. The number of benzene rings is 3. The van der Waals surface area contributed by atoms with Crippen LogP contribution in [0.1, 0.15) is 48.9 Å². The minimum atomic E-state index is -0.563. The number of para-hydroxylation sites is 1. The van der Waals surface area contributed by atoms with E-state index in [0.29, 0.717) is 60.8 Å². The van der Waals surface area contributed by atoms with Crippen LogP contribution in [0.4, 0.5) is 4.39 Å². The van der Waals surface area contributed by atoms with Crippen molar-refractivity contribution in [3.05, 3.63) is 100 Å². The van der Waals surface area contributed by atoms with Gasteiger partial charge in [-0.2, -0.15) is 0 Å². The molecule has 0 spiro atoms. The molecule has 1 unspecified atom stereocenters. The predicted molar refractivity (Wildman–Crippen MR) is 145 cm³/mol. The number of ether oxygens (including phenoxy) is 2. The summed E-state index contributed by atoms with van der Waals surface area (Å²) in [7, 11) is 1.60. The smallest absolute Gasteiger partial charge is 0.266 e. The van der Waals surface area contributed by atoms with E-state index in [1.54, 1.807) is 53.0 Å². The molecule has 1 amide bonds. The number of methoxy groups -OCH3 is 1. The van der Waals surface area contributed by atoms with Gasteiger partial charge in [0.2, 0.25) is 0 Å². The van der Waals surface area contributed by atoms with E-state index < -0.39 is 11.9 Å². The quantitative estimate of drug-likeness (QED) is 0.244. The third kappa shape index (κ3) is 5.75. The highest BCUT2D eigenvalue weighted by Crippen LogP contribution is 2.28. The minimum absolute atomic E-state index is 0.233. The Morgan fingerprint density at radius 3 is 2.50 bits per heavy atom. The first-order chi connectivity index (χ1) is 18.5. The maximum atomic E-state index is 14.0. The molecule has 0 saturated carbocycles. The lowest BCUT2D eigenvalue weighted by molar-refractivity contribution is 0.0633. The van der Waals surface area contributed by atoms with Crippen LogP contribution in [0.15, 0.2) is 77.6 Å². The summed E-state index contributed by atoms with van der Waals surface area (Å²) in [6.07, 6.45) is 1.05. The van der Waals surface area contributed by atoms with Crippen LogP contribution in [-0.4, -0.2) is 47.2 Å². The predicted octanol–water partition coefficient (Wildman–Crippen LogP) is 5.55. The summed E-state index contributed by atoms with van der Waals surface area (Å²) >= 11 is 0. The number of hydrogen-bond donors (Lipinski definition) is 0. The van der Waals surface area contributed by atoms with Gasteiger partial charge in [0.25, 0.3) is 11.5 Å². The van der Waals surface area contributed by atoms with E-state index in [-0.39, 0.29) is 17.0 Å². The third-order valence-electron chi connectivity index (χ3n) is 6.35. The number of nitrogens with zero attached hydrogens (tertiary/aromatic N) is 3. The molecule has 0 saturated heterocycles. The number of carbonyl (C=O) groups excluding carboxylic acids is 1. The van der Waals surface area contributed by atoms with Crippen LogP contribution in [0.5, 0.6) is 5.75 Å². The highest BCUT2D eigenvalue weighted by atomic mass is 19.1. The summed E-state index contributed by atoms with van der Waals surface area (Å²) in [6, 6.07) is 19.5. The van der Waals surface area contributed by atoms with Crippen molar-refractivity contribution in [1.82, 2.24) is 14.5 Å². The second-order valence-electron chi connectivity index (χ2n) is 8.83. The summed E-state index contributed by atoms with van der Waals surface area (Å²) in [4.78, 5) is 34.2. The Morgan fingerprint density at radius 1 is 1.05 bits per heavy atom. The molecule has 0 bridgehead atoms. The van der Waals surface area contributed by atoms with E-state index in [0.717, 1.165) is 0 Å². The second-order valence-corrected chi connectivity index (χ2v) is 8.83. The Kier molecular flexibility index (Phi) is 8.86. The first-order valence-corrected chi connectivity index (χ1v) is 12.8. The lowest BCUT2D eigenvalue weighted by Gasteiger charge is -2.32. The number of rotatable bonds is 11. The number of halogens is 1. The molecule has 0 N–H and O–H groups in total. The maximum absolute atomic E-state index is 14.0. The fourth-order valence-corrected chi connectivity index (χ4v) is 4.59. The van der Waals surface area contributed by atoms with Gasteiger partial charge in [-0.15, -0.1) is 0 Å². The minimum Gasteiger partial charge on any atom is -0.494 e. The zero-order chi connectivity index (χ0) is 27.1. The van der Waals surface area contributed by atoms with Crippen LogP contribution in [0.2, 0.25) is 0 Å². The van der Waals surface area contributed by atoms with Crippen molar-refractivity contribution in [3.8, 4) is 11.4 Å². The summed E-state index contributed by atoms with van der Waals surface area (Å²) in [5, 5.41) is 0.474. The van der Waals surface area contributed by atoms with Crippen molar-refractivity contribution in [2.75, 3.05) is 26.9 Å². The van der Waals surface area contributed by atoms with Crippen molar-refractivity contribution in [1.29, 1.82) is 0 Å². The van der Waals surface area contributed by atoms with E-state index in [2.05, 4.69) is 0 Å². The molecule has 8 heteroatoms. The molecule has 198 valence electrons. The van der Waals surface area contributed by atoms with E-state index >= 15 is 0 Å². The maximum Gasteiger partial charge on any atom is 0.266 e. The number of aromatic nitrogens is 2. The Hall–Kier alpha value is -4.04. The molecule has 1 atom stereocenters. The van der Waals surface area contributed by atoms with Crippen molar-refractivity contribution in [2.24, 2.45) is 0 Å². The number of amides is 1. The topological polar surface area (TPSA) is 73.7 Å². The Balaban J connectivity index is 1.90. The van der Waals surface area contributed by atoms with Crippen LogP contribution < -0.4 is 10.3 Å². The Morgan fingerprint density at radius 2 is 1.82 bits per heavy atom. The van der Waals surface area contributed by atoms with Gasteiger partial charge in [-0.25, -0.2) is 9.37 Å². The van der Waals surface area contributed by atoms with Gasteiger partial charge in [0.05, 0.1) is 29.2 Å². The van der Waals surface area contributed by atoms with Crippen LogP contribution >= 0.6 is 0 Å². The van der Waals surface area contributed by atoms with E-state index in [1.807, 2.05) is 32.0 Å². The lowest BCUT2D eigenvalue weighted by Crippen LogP contribution is -2.39. The van der Waals surface area contributed by atoms with Gasteiger partial charge in [-0.3, -0.25) is 14.2 Å². The Labute approximate surface area is 221 Å². The monoisotopic (exact) mass is 517 g/mol. The summed E-state index contributed by atoms with van der Waals surface area (Å²) in [5.41, 5.74) is 1.16. The summed E-state index contributed by atoms with van der Waals surface area (Å²) < 4.78 is 26.4. The van der Waals surface area contributed by atoms with Crippen LogP contribution in [-0.2, 0) is 4.74 Å². The highest BCUT2D eigenvalue weighted by molar-refractivity contribution is 5.94. The third-order valence-corrected chi connectivity index (χ3v) is 6.35. The van der Waals surface area contributed by atoms with Gasteiger partial charge in [0.15, 0.2) is 0 Å². The average Bonchev–Trinajstić information content (AvgIpc) is 2.93. The molecule has 4 aromatic rings. The van der Waals surface area contributed by atoms with E-state index in [1.165, 1.54) is 18.2 Å².